The van der Waals surface area contributed by atoms with Crippen molar-refractivity contribution < 1.29 is 8.42 Å². The lowest BCUT2D eigenvalue weighted by Crippen LogP contribution is -2.33. The van der Waals surface area contributed by atoms with E-state index >= 15 is 0 Å². The van der Waals surface area contributed by atoms with Crippen molar-refractivity contribution in [1.82, 2.24) is 4.31 Å². The van der Waals surface area contributed by atoms with Crippen LogP contribution in [0.1, 0.15) is 37.5 Å². The molecule has 0 aromatic carbocycles. The van der Waals surface area contributed by atoms with Gasteiger partial charge in [-0.15, -0.1) is 22.9 Å². The normalized spacial score (nSPS) is 16.4. The number of halogens is 1. The minimum atomic E-state index is -3.31. The molecule has 0 amide bonds. The fourth-order valence-electron chi connectivity index (χ4n) is 1.86. The zero-order valence-corrected chi connectivity index (χ0v) is 12.8. The molecule has 0 aliphatic heterocycles. The molecule has 1 saturated carbocycles. The lowest BCUT2D eigenvalue weighted by molar-refractivity contribution is 0.397. The molecule has 102 valence electrons. The molecule has 0 N–H and O–H groups in total. The average molecular weight is 308 g/mol. The van der Waals surface area contributed by atoms with Gasteiger partial charge < -0.3 is 0 Å². The van der Waals surface area contributed by atoms with Crippen LogP contribution in [0.3, 0.4) is 0 Å². The van der Waals surface area contributed by atoms with Crippen LogP contribution in [0.5, 0.6) is 0 Å². The summed E-state index contributed by atoms with van der Waals surface area (Å²) in [4.78, 5) is 0.904. The number of alkyl halides is 1. The molecule has 6 heteroatoms. The zero-order valence-electron chi connectivity index (χ0n) is 10.4. The van der Waals surface area contributed by atoms with Crippen LogP contribution in [0.15, 0.2) is 16.3 Å². The van der Waals surface area contributed by atoms with Gasteiger partial charge in [-0.05, 0) is 31.4 Å². The molecule has 1 aromatic rings. The molecule has 2 rings (SSSR count). The molecular formula is C12H18ClNO2S2. The molecular weight excluding hydrogens is 290 g/mol. The largest absolute Gasteiger partial charge is 0.252 e. The second-order valence-electron chi connectivity index (χ2n) is 4.55. The van der Waals surface area contributed by atoms with Crippen molar-refractivity contribution in [3.05, 3.63) is 17.0 Å². The van der Waals surface area contributed by atoms with Gasteiger partial charge >= 0.3 is 0 Å². The third-order valence-corrected chi connectivity index (χ3v) is 6.97. The molecule has 1 aliphatic carbocycles. The van der Waals surface area contributed by atoms with Crippen LogP contribution in [-0.4, -0.2) is 25.3 Å². The van der Waals surface area contributed by atoms with Gasteiger partial charge in [-0.3, -0.25) is 0 Å². The molecule has 0 unspecified atom stereocenters. The van der Waals surface area contributed by atoms with Crippen LogP contribution < -0.4 is 0 Å². The van der Waals surface area contributed by atoms with E-state index in [-0.39, 0.29) is 6.04 Å². The summed E-state index contributed by atoms with van der Waals surface area (Å²) in [6.07, 6.45) is 3.92. The summed E-state index contributed by atoms with van der Waals surface area (Å²) in [5.74, 6) is 0.374. The number of nitrogens with zero attached hydrogens (tertiary/aromatic N) is 1. The van der Waals surface area contributed by atoms with Crippen molar-refractivity contribution in [2.24, 2.45) is 0 Å². The summed E-state index contributed by atoms with van der Waals surface area (Å²) >= 11 is 7.02. The molecule has 0 atom stereocenters. The summed E-state index contributed by atoms with van der Waals surface area (Å²) < 4.78 is 27.2. The Balaban J connectivity index is 2.21. The van der Waals surface area contributed by atoms with Gasteiger partial charge in [0.25, 0.3) is 10.0 Å². The molecule has 1 heterocycles. The molecule has 0 bridgehead atoms. The number of unbranched alkanes of at least 4 members (excludes halogenated alkanes) is 1. The van der Waals surface area contributed by atoms with Crippen molar-refractivity contribution in [2.75, 3.05) is 6.54 Å². The third-order valence-electron chi connectivity index (χ3n) is 3.02. The average Bonchev–Trinajstić information content (AvgIpc) is 3.05. The van der Waals surface area contributed by atoms with Gasteiger partial charge in [0.1, 0.15) is 4.21 Å². The van der Waals surface area contributed by atoms with E-state index in [1.54, 1.807) is 16.4 Å². The third kappa shape index (κ3) is 3.07. The Bertz CT molecular complexity index is 494. The van der Waals surface area contributed by atoms with Crippen LogP contribution >= 0.6 is 22.9 Å². The minimum absolute atomic E-state index is 0.225. The Morgan fingerprint density at radius 1 is 1.44 bits per heavy atom. The fraction of sp³-hybridized carbons (Fsp3) is 0.667. The van der Waals surface area contributed by atoms with Crippen molar-refractivity contribution in [3.8, 4) is 0 Å². The molecule has 0 radical (unpaired) electrons. The Kier molecular flexibility index (Phi) is 4.69. The molecule has 0 spiro atoms. The van der Waals surface area contributed by atoms with E-state index in [0.717, 1.165) is 30.6 Å². The number of hydrogen-bond donors (Lipinski definition) is 0. The van der Waals surface area contributed by atoms with Crippen molar-refractivity contribution in [1.29, 1.82) is 0 Å². The maximum absolute atomic E-state index is 12.5. The summed E-state index contributed by atoms with van der Waals surface area (Å²) in [6, 6.07) is 3.71. The van der Waals surface area contributed by atoms with Crippen LogP contribution in [0.2, 0.25) is 0 Å². The lowest BCUT2D eigenvalue weighted by atomic mass is 10.3. The predicted molar refractivity (Wildman–Crippen MR) is 75.7 cm³/mol. The van der Waals surface area contributed by atoms with E-state index in [9.17, 15) is 8.42 Å². The SMILES string of the molecule is CCCCN(C1CC1)S(=O)(=O)c1ccc(CCl)s1. The van der Waals surface area contributed by atoms with Crippen LogP contribution in [0.4, 0.5) is 0 Å². The molecule has 1 fully saturated rings. The van der Waals surface area contributed by atoms with Crippen molar-refractivity contribution in [3.63, 3.8) is 0 Å². The van der Waals surface area contributed by atoms with Gasteiger partial charge in [0.15, 0.2) is 0 Å². The van der Waals surface area contributed by atoms with Gasteiger partial charge in [0.05, 0.1) is 5.88 Å². The number of hydrogen-bond acceptors (Lipinski definition) is 3. The Morgan fingerprint density at radius 3 is 2.67 bits per heavy atom. The quantitative estimate of drug-likeness (QED) is 0.724. The van der Waals surface area contributed by atoms with Crippen LogP contribution in [-0.2, 0) is 15.9 Å². The van der Waals surface area contributed by atoms with E-state index in [1.807, 2.05) is 0 Å². The summed E-state index contributed by atoms with van der Waals surface area (Å²) in [5.41, 5.74) is 0. The fourth-order valence-corrected chi connectivity index (χ4v) is 5.17. The van der Waals surface area contributed by atoms with E-state index in [2.05, 4.69) is 6.92 Å². The monoisotopic (exact) mass is 307 g/mol. The molecule has 0 saturated heterocycles. The van der Waals surface area contributed by atoms with Gasteiger partial charge in [0, 0.05) is 17.5 Å². The molecule has 1 aromatic heterocycles. The van der Waals surface area contributed by atoms with Gasteiger partial charge in [-0.25, -0.2) is 8.42 Å². The van der Waals surface area contributed by atoms with Gasteiger partial charge in [0.2, 0.25) is 0 Å². The smallest absolute Gasteiger partial charge is 0.206 e. The first-order chi connectivity index (χ1) is 8.59. The van der Waals surface area contributed by atoms with E-state index in [4.69, 9.17) is 11.6 Å². The van der Waals surface area contributed by atoms with Crippen LogP contribution in [0, 0.1) is 0 Å². The second-order valence-corrected chi connectivity index (χ2v) is 8.11. The number of sulfonamides is 1. The Labute approximate surface area is 118 Å². The molecule has 18 heavy (non-hydrogen) atoms. The van der Waals surface area contributed by atoms with E-state index in [0.29, 0.717) is 16.6 Å². The van der Waals surface area contributed by atoms with Gasteiger partial charge in [-0.2, -0.15) is 4.31 Å². The standard InChI is InChI=1S/C12H18ClNO2S2/c1-2-3-8-14(10-4-5-10)18(15,16)12-7-6-11(9-13)17-12/h6-7,10H,2-5,8-9H2,1H3. The Hall–Kier alpha value is -0.100. The summed E-state index contributed by atoms with van der Waals surface area (Å²) in [5, 5.41) is 0. The zero-order chi connectivity index (χ0) is 13.2. The number of rotatable bonds is 7. The van der Waals surface area contributed by atoms with Crippen molar-refractivity contribution >= 4 is 33.0 Å². The minimum Gasteiger partial charge on any atom is -0.206 e. The Morgan fingerprint density at radius 2 is 2.17 bits per heavy atom. The highest BCUT2D eigenvalue weighted by atomic mass is 35.5. The highest BCUT2D eigenvalue weighted by molar-refractivity contribution is 7.91. The first-order valence-electron chi connectivity index (χ1n) is 6.26. The first kappa shape index (κ1) is 14.3. The summed E-state index contributed by atoms with van der Waals surface area (Å²) in [6.45, 7) is 2.71. The second kappa shape index (κ2) is 5.90. The van der Waals surface area contributed by atoms with Crippen LogP contribution in [0.25, 0.3) is 0 Å². The maximum Gasteiger partial charge on any atom is 0.252 e. The maximum atomic E-state index is 12.5. The predicted octanol–water partition coefficient (Wildman–Crippen LogP) is 3.44. The highest BCUT2D eigenvalue weighted by Gasteiger charge is 2.38. The topological polar surface area (TPSA) is 37.4 Å². The number of thiophene rings is 1. The van der Waals surface area contributed by atoms with E-state index < -0.39 is 10.0 Å². The molecule has 3 nitrogen and oxygen atoms in total. The first-order valence-corrected chi connectivity index (χ1v) is 9.05. The van der Waals surface area contributed by atoms with Crippen molar-refractivity contribution in [2.45, 2.75) is 48.7 Å². The van der Waals surface area contributed by atoms with Gasteiger partial charge in [-0.1, -0.05) is 13.3 Å². The molecule has 1 aliphatic rings. The highest BCUT2D eigenvalue weighted by Crippen LogP contribution is 2.34. The lowest BCUT2D eigenvalue weighted by Gasteiger charge is -2.20. The van der Waals surface area contributed by atoms with E-state index in [1.165, 1.54) is 11.3 Å². The summed E-state index contributed by atoms with van der Waals surface area (Å²) in [7, 11) is -3.31.